The summed E-state index contributed by atoms with van der Waals surface area (Å²) in [5, 5.41) is 8.83. The van der Waals surface area contributed by atoms with Crippen LogP contribution in [0.25, 0.3) is 10.9 Å². The Hall–Kier alpha value is -1.55. The van der Waals surface area contributed by atoms with Gasteiger partial charge in [-0.2, -0.15) is 5.10 Å². The van der Waals surface area contributed by atoms with Gasteiger partial charge in [0.2, 0.25) is 0 Å². The number of nitrogens with zero attached hydrogens (tertiary/aromatic N) is 2. The lowest BCUT2D eigenvalue weighted by Gasteiger charge is -2.18. The van der Waals surface area contributed by atoms with Gasteiger partial charge in [-0.3, -0.25) is 4.68 Å². The first-order valence-corrected chi connectivity index (χ1v) is 6.15. The molecular weight excluding hydrogens is 214 g/mol. The largest absolute Gasteiger partial charge is 0.493 e. The number of hydrogen-bond acceptors (Lipinski definition) is 3. The molecule has 2 aromatic rings. The minimum absolute atomic E-state index is 0.836. The van der Waals surface area contributed by atoms with E-state index in [1.165, 1.54) is 16.5 Å². The highest BCUT2D eigenvalue weighted by atomic mass is 16.5. The molecule has 17 heavy (non-hydrogen) atoms. The second-order valence-electron chi connectivity index (χ2n) is 4.40. The zero-order valence-electron chi connectivity index (χ0n) is 10.1. The molecule has 1 aromatic heterocycles. The van der Waals surface area contributed by atoms with Crippen molar-refractivity contribution in [1.82, 2.24) is 15.1 Å². The van der Waals surface area contributed by atoms with Crippen LogP contribution in [0.3, 0.4) is 0 Å². The zero-order chi connectivity index (χ0) is 11.7. The van der Waals surface area contributed by atoms with E-state index in [-0.39, 0.29) is 0 Å². The van der Waals surface area contributed by atoms with Crippen molar-refractivity contribution in [2.75, 3.05) is 20.2 Å². The van der Waals surface area contributed by atoms with Gasteiger partial charge in [0.15, 0.2) is 0 Å². The fraction of sp³-hybridized carbons (Fsp3) is 0.462. The smallest absolute Gasteiger partial charge is 0.124 e. The van der Waals surface area contributed by atoms with E-state index in [4.69, 9.17) is 4.74 Å². The Morgan fingerprint density at radius 2 is 2.41 bits per heavy atom. The summed E-state index contributed by atoms with van der Waals surface area (Å²) in [6, 6.07) is 4.17. The lowest BCUT2D eigenvalue weighted by atomic mass is 10.0. The highest BCUT2D eigenvalue weighted by molar-refractivity contribution is 5.84. The molecule has 0 saturated heterocycles. The second kappa shape index (κ2) is 4.37. The quantitative estimate of drug-likeness (QED) is 0.871. The molecule has 90 valence electrons. The second-order valence-corrected chi connectivity index (χ2v) is 4.40. The molecule has 0 radical (unpaired) electrons. The van der Waals surface area contributed by atoms with Crippen LogP contribution in [-0.4, -0.2) is 30.0 Å². The first kappa shape index (κ1) is 10.6. The number of fused-ring (bicyclic) bond motifs is 3. The minimum Gasteiger partial charge on any atom is -0.493 e. The number of likely N-dealkylation sites (N-methyl/N-ethyl adjacent to an activating group) is 1. The van der Waals surface area contributed by atoms with Gasteiger partial charge < -0.3 is 10.1 Å². The van der Waals surface area contributed by atoms with Gasteiger partial charge in [-0.05, 0) is 32.0 Å². The molecule has 0 saturated carbocycles. The highest BCUT2D eigenvalue weighted by Crippen LogP contribution is 2.31. The Kier molecular flexibility index (Phi) is 2.73. The maximum Gasteiger partial charge on any atom is 0.124 e. The third kappa shape index (κ3) is 1.78. The summed E-state index contributed by atoms with van der Waals surface area (Å²) < 4.78 is 7.79. The predicted molar refractivity (Wildman–Crippen MR) is 67.5 cm³/mol. The van der Waals surface area contributed by atoms with Gasteiger partial charge in [-0.15, -0.1) is 0 Å². The molecule has 0 bridgehead atoms. The topological polar surface area (TPSA) is 39.1 Å². The van der Waals surface area contributed by atoms with Crippen LogP contribution in [0.15, 0.2) is 18.3 Å². The van der Waals surface area contributed by atoms with Crippen LogP contribution in [0.4, 0.5) is 0 Å². The van der Waals surface area contributed by atoms with E-state index < -0.39 is 0 Å². The molecule has 1 N–H and O–H groups in total. The predicted octanol–water partition coefficient (Wildman–Crippen LogP) is 1.58. The summed E-state index contributed by atoms with van der Waals surface area (Å²) in [5.74, 6) is 1.04. The van der Waals surface area contributed by atoms with Gasteiger partial charge in [0, 0.05) is 17.5 Å². The van der Waals surface area contributed by atoms with E-state index in [0.717, 1.165) is 38.3 Å². The number of aromatic nitrogens is 2. The zero-order valence-corrected chi connectivity index (χ0v) is 10.1. The van der Waals surface area contributed by atoms with Gasteiger partial charge >= 0.3 is 0 Å². The van der Waals surface area contributed by atoms with Crippen LogP contribution in [-0.2, 0) is 13.0 Å². The van der Waals surface area contributed by atoms with Crippen molar-refractivity contribution in [3.8, 4) is 5.75 Å². The molecule has 3 rings (SSSR count). The normalized spacial score (nSPS) is 14.6. The van der Waals surface area contributed by atoms with Gasteiger partial charge in [-0.1, -0.05) is 0 Å². The van der Waals surface area contributed by atoms with Gasteiger partial charge in [0.05, 0.1) is 24.9 Å². The Balaban J connectivity index is 2.11. The van der Waals surface area contributed by atoms with Crippen molar-refractivity contribution < 1.29 is 4.74 Å². The molecule has 0 amide bonds. The van der Waals surface area contributed by atoms with E-state index in [0.29, 0.717) is 0 Å². The van der Waals surface area contributed by atoms with Crippen molar-refractivity contribution in [2.45, 2.75) is 19.4 Å². The Morgan fingerprint density at radius 1 is 1.47 bits per heavy atom. The first-order chi connectivity index (χ1) is 8.40. The van der Waals surface area contributed by atoms with Crippen LogP contribution >= 0.6 is 0 Å². The van der Waals surface area contributed by atoms with Crippen molar-refractivity contribution >= 4 is 10.9 Å². The molecule has 4 heteroatoms. The van der Waals surface area contributed by atoms with E-state index in [2.05, 4.69) is 27.2 Å². The van der Waals surface area contributed by atoms with Crippen LogP contribution < -0.4 is 10.1 Å². The van der Waals surface area contributed by atoms with E-state index in [9.17, 15) is 0 Å². The van der Waals surface area contributed by atoms with Gasteiger partial charge in [0.1, 0.15) is 5.75 Å². The van der Waals surface area contributed by atoms with E-state index in [1.54, 1.807) is 0 Å². The number of rotatable bonds is 3. The van der Waals surface area contributed by atoms with Crippen molar-refractivity contribution in [1.29, 1.82) is 0 Å². The van der Waals surface area contributed by atoms with Crippen molar-refractivity contribution in [3.63, 3.8) is 0 Å². The molecule has 2 heterocycles. The summed E-state index contributed by atoms with van der Waals surface area (Å²) in [7, 11) is 1.96. The molecule has 0 atom stereocenters. The van der Waals surface area contributed by atoms with E-state index in [1.807, 2.05) is 13.2 Å². The molecule has 0 aliphatic carbocycles. The molecular formula is C13H17N3O. The van der Waals surface area contributed by atoms with Gasteiger partial charge in [0.25, 0.3) is 0 Å². The Labute approximate surface area is 101 Å². The fourth-order valence-corrected chi connectivity index (χ4v) is 2.43. The summed E-state index contributed by atoms with van der Waals surface area (Å²) >= 11 is 0. The van der Waals surface area contributed by atoms with E-state index >= 15 is 0 Å². The SMILES string of the molecule is CNCCn1ncc2ccc3c(c21)CCCO3. The number of hydrogen-bond donors (Lipinski definition) is 1. The van der Waals surface area contributed by atoms with Crippen molar-refractivity contribution in [2.24, 2.45) is 0 Å². The molecule has 0 fully saturated rings. The number of nitrogens with one attached hydrogen (secondary N) is 1. The van der Waals surface area contributed by atoms with Gasteiger partial charge in [-0.25, -0.2) is 0 Å². The van der Waals surface area contributed by atoms with Crippen molar-refractivity contribution in [3.05, 3.63) is 23.9 Å². The summed E-state index contributed by atoms with van der Waals surface area (Å²) in [6.07, 6.45) is 4.14. The number of aryl methyl sites for hydroxylation is 1. The Morgan fingerprint density at radius 3 is 3.29 bits per heavy atom. The lowest BCUT2D eigenvalue weighted by Crippen LogP contribution is -2.17. The number of ether oxygens (including phenoxy) is 1. The maximum absolute atomic E-state index is 5.70. The number of benzene rings is 1. The summed E-state index contributed by atoms with van der Waals surface area (Å²) in [6.45, 7) is 2.67. The molecule has 1 aliphatic rings. The van der Waals surface area contributed by atoms with Crippen LogP contribution in [0, 0.1) is 0 Å². The first-order valence-electron chi connectivity index (χ1n) is 6.15. The molecule has 1 aromatic carbocycles. The van der Waals surface area contributed by atoms with Crippen LogP contribution in [0.5, 0.6) is 5.75 Å². The van der Waals surface area contributed by atoms with Crippen LogP contribution in [0.1, 0.15) is 12.0 Å². The average Bonchev–Trinajstić information content (AvgIpc) is 2.80. The monoisotopic (exact) mass is 231 g/mol. The molecule has 0 unspecified atom stereocenters. The minimum atomic E-state index is 0.836. The maximum atomic E-state index is 5.70. The summed E-state index contributed by atoms with van der Waals surface area (Å²) in [5.41, 5.74) is 2.57. The highest BCUT2D eigenvalue weighted by Gasteiger charge is 2.16. The molecule has 1 aliphatic heterocycles. The lowest BCUT2D eigenvalue weighted by molar-refractivity contribution is 0.289. The summed E-state index contributed by atoms with van der Waals surface area (Å²) in [4.78, 5) is 0. The fourth-order valence-electron chi connectivity index (χ4n) is 2.43. The molecule has 4 nitrogen and oxygen atoms in total. The Bertz CT molecular complexity index is 533. The average molecular weight is 231 g/mol. The third-order valence-corrected chi connectivity index (χ3v) is 3.27. The third-order valence-electron chi connectivity index (χ3n) is 3.27. The molecule has 0 spiro atoms. The van der Waals surface area contributed by atoms with Crippen LogP contribution in [0.2, 0.25) is 0 Å². The standard InChI is InChI=1S/C13H17N3O/c1-14-6-7-16-13-10(9-15-16)4-5-12-11(13)3-2-8-17-12/h4-5,9,14H,2-3,6-8H2,1H3.